The van der Waals surface area contributed by atoms with E-state index in [1.807, 2.05) is 18.2 Å². The van der Waals surface area contributed by atoms with Crippen molar-refractivity contribution in [2.24, 2.45) is 0 Å². The highest BCUT2D eigenvalue weighted by Crippen LogP contribution is 2.38. The normalized spacial score (nSPS) is 10.8. The van der Waals surface area contributed by atoms with E-state index in [2.05, 4.69) is 9.97 Å². The zero-order valence-corrected chi connectivity index (χ0v) is 11.6. The van der Waals surface area contributed by atoms with E-state index in [4.69, 9.17) is 25.5 Å². The van der Waals surface area contributed by atoms with Crippen molar-refractivity contribution in [3.63, 3.8) is 0 Å². The highest BCUT2D eigenvalue weighted by atomic mass is 35.5. The van der Waals surface area contributed by atoms with Crippen LogP contribution in [0.5, 0.6) is 11.5 Å². The average molecular weight is 291 g/mol. The van der Waals surface area contributed by atoms with Crippen molar-refractivity contribution < 1.29 is 13.9 Å². The minimum absolute atomic E-state index is 0.379. The summed E-state index contributed by atoms with van der Waals surface area (Å²) in [7, 11) is 3.16. The van der Waals surface area contributed by atoms with Crippen LogP contribution in [-0.2, 0) is 0 Å². The third kappa shape index (κ3) is 2.06. The fourth-order valence-electron chi connectivity index (χ4n) is 1.97. The number of rotatable bonds is 3. The number of hydrogen-bond acceptors (Lipinski definition) is 5. The molecule has 102 valence electrons. The van der Waals surface area contributed by atoms with Crippen molar-refractivity contribution in [2.75, 3.05) is 14.2 Å². The molecule has 0 spiro atoms. The van der Waals surface area contributed by atoms with E-state index in [-0.39, 0.29) is 0 Å². The molecule has 0 bridgehead atoms. The number of nitrogens with zero attached hydrogens (tertiary/aromatic N) is 2. The van der Waals surface area contributed by atoms with Gasteiger partial charge in [-0.15, -0.1) is 0 Å². The molecule has 0 fully saturated rings. The highest BCUT2D eigenvalue weighted by molar-refractivity contribution is 6.30. The van der Waals surface area contributed by atoms with Crippen LogP contribution < -0.4 is 9.47 Å². The Morgan fingerprint density at radius 1 is 1.15 bits per heavy atom. The Hall–Kier alpha value is -2.27. The minimum atomic E-state index is 0.379. The Kier molecular flexibility index (Phi) is 3.20. The molecular formula is C14H11ClN2O3. The second-order valence-corrected chi connectivity index (χ2v) is 4.47. The topological polar surface area (TPSA) is 57.4 Å². The molecule has 6 heteroatoms. The van der Waals surface area contributed by atoms with Gasteiger partial charge in [0.1, 0.15) is 22.6 Å². The van der Waals surface area contributed by atoms with Crippen LogP contribution in [0, 0.1) is 0 Å². The zero-order valence-electron chi connectivity index (χ0n) is 10.9. The number of aromatic nitrogens is 2. The van der Waals surface area contributed by atoms with E-state index in [1.165, 1.54) is 6.20 Å². The van der Waals surface area contributed by atoms with Gasteiger partial charge in [0.2, 0.25) is 11.6 Å². The molecular weight excluding hydrogens is 280 g/mol. The second kappa shape index (κ2) is 5.02. The Morgan fingerprint density at radius 2 is 1.85 bits per heavy atom. The fraction of sp³-hybridized carbons (Fsp3) is 0.143. The summed E-state index contributed by atoms with van der Waals surface area (Å²) in [5, 5.41) is 0.504. The molecule has 0 saturated heterocycles. The lowest BCUT2D eigenvalue weighted by Crippen LogP contribution is -1.92. The molecule has 0 atom stereocenters. The van der Waals surface area contributed by atoms with Gasteiger partial charge in [0.15, 0.2) is 0 Å². The lowest BCUT2D eigenvalue weighted by Gasteiger charge is -2.09. The molecule has 2 aromatic heterocycles. The van der Waals surface area contributed by atoms with Crippen LogP contribution in [0.25, 0.3) is 22.7 Å². The largest absolute Gasteiger partial charge is 0.496 e. The van der Waals surface area contributed by atoms with Crippen LogP contribution in [0.1, 0.15) is 0 Å². The van der Waals surface area contributed by atoms with E-state index in [1.54, 1.807) is 20.3 Å². The minimum Gasteiger partial charge on any atom is -0.496 e. The van der Waals surface area contributed by atoms with E-state index >= 15 is 0 Å². The lowest BCUT2D eigenvalue weighted by atomic mass is 10.1. The molecule has 0 aliphatic carbocycles. The molecule has 0 unspecified atom stereocenters. The smallest absolute Gasteiger partial charge is 0.247 e. The quantitative estimate of drug-likeness (QED) is 0.738. The van der Waals surface area contributed by atoms with Crippen LogP contribution in [0.15, 0.2) is 34.9 Å². The maximum atomic E-state index is 5.90. The number of hydrogen-bond donors (Lipinski definition) is 0. The first kappa shape index (κ1) is 12.7. The molecule has 0 aliphatic rings. The number of ether oxygens (including phenoxy) is 2. The van der Waals surface area contributed by atoms with Gasteiger partial charge in [-0.2, -0.15) is 0 Å². The maximum absolute atomic E-state index is 5.90. The van der Waals surface area contributed by atoms with Crippen LogP contribution >= 0.6 is 11.6 Å². The number of benzene rings is 1. The average Bonchev–Trinajstić information content (AvgIpc) is 2.88. The van der Waals surface area contributed by atoms with Crippen molar-refractivity contribution in [1.29, 1.82) is 0 Å². The van der Waals surface area contributed by atoms with Crippen molar-refractivity contribution in [2.45, 2.75) is 0 Å². The number of oxazole rings is 1. The van der Waals surface area contributed by atoms with Gasteiger partial charge in [-0.3, -0.25) is 0 Å². The first-order valence-corrected chi connectivity index (χ1v) is 6.24. The number of pyridine rings is 1. The number of halogens is 1. The first-order chi connectivity index (χ1) is 9.72. The highest BCUT2D eigenvalue weighted by Gasteiger charge is 2.18. The Bertz CT molecular complexity index is 748. The lowest BCUT2D eigenvalue weighted by molar-refractivity contribution is 0.394. The molecule has 20 heavy (non-hydrogen) atoms. The molecule has 0 radical (unpaired) electrons. The summed E-state index contributed by atoms with van der Waals surface area (Å²) in [6, 6.07) is 7.15. The van der Waals surface area contributed by atoms with Gasteiger partial charge >= 0.3 is 0 Å². The summed E-state index contributed by atoms with van der Waals surface area (Å²) in [5.74, 6) is 1.60. The number of methoxy groups -OCH3 is 2. The SMILES string of the molecule is COc1cccc(OC)c1-c1nc2cc(Cl)cnc2o1. The molecule has 0 N–H and O–H groups in total. The van der Waals surface area contributed by atoms with Crippen LogP contribution in [-0.4, -0.2) is 24.2 Å². The van der Waals surface area contributed by atoms with Crippen molar-refractivity contribution >= 4 is 22.8 Å². The third-order valence-corrected chi connectivity index (χ3v) is 3.06. The van der Waals surface area contributed by atoms with Gasteiger partial charge in [0.25, 0.3) is 0 Å². The Morgan fingerprint density at radius 3 is 2.50 bits per heavy atom. The van der Waals surface area contributed by atoms with Crippen LogP contribution in [0.3, 0.4) is 0 Å². The molecule has 3 rings (SSSR count). The predicted molar refractivity (Wildman–Crippen MR) is 75.4 cm³/mol. The monoisotopic (exact) mass is 290 g/mol. The molecule has 0 amide bonds. The zero-order chi connectivity index (χ0) is 14.1. The van der Waals surface area contributed by atoms with E-state index in [0.717, 1.165) is 0 Å². The molecule has 2 heterocycles. The predicted octanol–water partition coefficient (Wildman–Crippen LogP) is 3.56. The van der Waals surface area contributed by atoms with Crippen LogP contribution in [0.2, 0.25) is 5.02 Å². The summed E-state index contributed by atoms with van der Waals surface area (Å²) in [6.07, 6.45) is 1.51. The molecule has 0 saturated carbocycles. The van der Waals surface area contributed by atoms with Gasteiger partial charge in [-0.1, -0.05) is 17.7 Å². The van der Waals surface area contributed by atoms with Crippen molar-refractivity contribution in [1.82, 2.24) is 9.97 Å². The summed E-state index contributed by atoms with van der Waals surface area (Å²) in [4.78, 5) is 8.48. The molecule has 1 aromatic carbocycles. The third-order valence-electron chi connectivity index (χ3n) is 2.86. The standard InChI is InChI=1S/C14H11ClN2O3/c1-18-10-4-3-5-11(19-2)12(10)14-17-9-6-8(15)7-16-13(9)20-14/h3-7H,1-2H3. The number of fused-ring (bicyclic) bond motifs is 1. The van der Waals surface area contributed by atoms with Gasteiger partial charge in [-0.25, -0.2) is 9.97 Å². The molecule has 0 aliphatic heterocycles. The van der Waals surface area contributed by atoms with Crippen molar-refractivity contribution in [3.05, 3.63) is 35.5 Å². The van der Waals surface area contributed by atoms with Gasteiger partial charge < -0.3 is 13.9 Å². The maximum Gasteiger partial charge on any atom is 0.247 e. The first-order valence-electron chi connectivity index (χ1n) is 5.86. The molecule has 5 nitrogen and oxygen atoms in total. The van der Waals surface area contributed by atoms with Gasteiger partial charge in [0, 0.05) is 6.20 Å². The molecule has 3 aromatic rings. The Balaban J connectivity index is 2.24. The summed E-state index contributed by atoms with van der Waals surface area (Å²) >= 11 is 5.90. The second-order valence-electron chi connectivity index (χ2n) is 4.03. The Labute approximate surface area is 120 Å². The summed E-state index contributed by atoms with van der Waals surface area (Å²) in [6.45, 7) is 0. The van der Waals surface area contributed by atoms with Crippen molar-refractivity contribution in [3.8, 4) is 23.0 Å². The van der Waals surface area contributed by atoms with E-state index in [0.29, 0.717) is 39.2 Å². The summed E-state index contributed by atoms with van der Waals surface area (Å²) < 4.78 is 16.3. The fourth-order valence-corrected chi connectivity index (χ4v) is 2.12. The van der Waals surface area contributed by atoms with Gasteiger partial charge in [0.05, 0.1) is 19.2 Å². The van der Waals surface area contributed by atoms with E-state index < -0.39 is 0 Å². The summed E-state index contributed by atoms with van der Waals surface area (Å²) in [5.41, 5.74) is 1.64. The van der Waals surface area contributed by atoms with Gasteiger partial charge in [-0.05, 0) is 18.2 Å². The van der Waals surface area contributed by atoms with Crippen LogP contribution in [0.4, 0.5) is 0 Å². The van der Waals surface area contributed by atoms with E-state index in [9.17, 15) is 0 Å².